The maximum atomic E-state index is 15.2. The Bertz CT molecular complexity index is 2360. The molecule has 6 unspecified atom stereocenters. The number of nitrogens with zero attached hydrogens (tertiary/aromatic N) is 1. The number of allylic oxidation sites excluding steroid dienone is 4. The number of halogens is 6. The molecule has 292 valence electrons. The summed E-state index contributed by atoms with van der Waals surface area (Å²) < 4.78 is 89.4. The van der Waals surface area contributed by atoms with Crippen LogP contribution in [0, 0.1) is 23.7 Å². The smallest absolute Gasteiger partial charge is 0.416 e. The van der Waals surface area contributed by atoms with Gasteiger partial charge in [0.25, 0.3) is 0 Å². The van der Waals surface area contributed by atoms with E-state index in [2.05, 4.69) is 0 Å². The maximum absolute atomic E-state index is 15.2. The van der Waals surface area contributed by atoms with Crippen LogP contribution in [-0.2, 0) is 36.9 Å². The van der Waals surface area contributed by atoms with Gasteiger partial charge in [-0.3, -0.25) is 19.2 Å². The molecule has 13 heteroatoms. The Balaban J connectivity index is 1.35. The average Bonchev–Trinajstić information content (AvgIpc) is 3.45. The minimum atomic E-state index is -5.24. The SMILES string of the molecule is CCOc1cccc(C2C3=CCC4C(=O)N(c5cc(C(F)(F)F)cc(C(F)(F)F)c5)C(=O)C4C3CC3C(=O)C(c4ccccc4)=CC(=O)C32c2ccccc2)c1O. The Labute approximate surface area is 322 Å². The summed E-state index contributed by atoms with van der Waals surface area (Å²) in [5.74, 6) is -9.04. The van der Waals surface area contributed by atoms with Crippen LogP contribution in [0.3, 0.4) is 0 Å². The predicted octanol–water partition coefficient (Wildman–Crippen LogP) is 8.86. The van der Waals surface area contributed by atoms with Gasteiger partial charge in [0, 0.05) is 23.0 Å². The zero-order valence-electron chi connectivity index (χ0n) is 30.1. The van der Waals surface area contributed by atoms with Crippen molar-refractivity contribution in [1.29, 1.82) is 0 Å². The third-order valence-corrected chi connectivity index (χ3v) is 11.8. The Morgan fingerprint density at radius 1 is 0.789 bits per heavy atom. The first-order valence-corrected chi connectivity index (χ1v) is 18.3. The second-order valence-corrected chi connectivity index (χ2v) is 14.7. The third kappa shape index (κ3) is 5.88. The molecule has 4 aromatic rings. The number of rotatable bonds is 6. The first kappa shape index (κ1) is 37.9. The number of phenolic OH excluding ortho intramolecular Hbond substituents is 1. The standard InChI is InChI=1S/C44H33F6NO6/c1-2-57-34-15-9-14-30(39(34)54)37-28-16-17-29-36(41(56)51(40(29)55)27-19-25(43(45,46)47)18-26(20-27)44(48,49)50)32(28)21-33-38(53)31(23-10-5-3-6-11-23)22-35(52)42(33,37)24-12-7-4-8-13-24/h3-16,18-20,22,29,32-33,36-37,54H,2,17,21H2,1H3. The number of para-hydroxylation sites is 1. The molecule has 0 spiro atoms. The Kier molecular flexibility index (Phi) is 9.05. The minimum Gasteiger partial charge on any atom is -0.504 e. The van der Waals surface area contributed by atoms with Crippen LogP contribution >= 0.6 is 0 Å². The first-order chi connectivity index (χ1) is 27.1. The normalized spacial score (nSPS) is 26.0. The maximum Gasteiger partial charge on any atom is 0.416 e. The third-order valence-electron chi connectivity index (χ3n) is 11.8. The molecule has 57 heavy (non-hydrogen) atoms. The predicted molar refractivity (Wildman–Crippen MR) is 195 cm³/mol. The summed E-state index contributed by atoms with van der Waals surface area (Å²) in [6.07, 6.45) is -7.84. The molecule has 0 bridgehead atoms. The number of aromatic hydroxyl groups is 1. The van der Waals surface area contributed by atoms with Crippen LogP contribution in [0.2, 0.25) is 0 Å². The van der Waals surface area contributed by atoms with Crippen LogP contribution in [0.4, 0.5) is 32.0 Å². The molecule has 1 heterocycles. The second-order valence-electron chi connectivity index (χ2n) is 14.7. The lowest BCUT2D eigenvalue weighted by Gasteiger charge is -2.55. The fraction of sp³-hybridized carbons (Fsp3) is 0.273. The summed E-state index contributed by atoms with van der Waals surface area (Å²) in [7, 11) is 0. The van der Waals surface area contributed by atoms with Gasteiger partial charge in [-0.05, 0) is 67.2 Å². The van der Waals surface area contributed by atoms with Crippen molar-refractivity contribution in [3.05, 3.63) is 143 Å². The summed E-state index contributed by atoms with van der Waals surface area (Å²) in [6.45, 7) is 1.88. The molecule has 2 amide bonds. The lowest BCUT2D eigenvalue weighted by molar-refractivity contribution is -0.143. The molecule has 3 aliphatic carbocycles. The van der Waals surface area contributed by atoms with E-state index in [1.54, 1.807) is 85.8 Å². The highest BCUT2D eigenvalue weighted by Gasteiger charge is 2.66. The Hall–Kier alpha value is -5.98. The van der Waals surface area contributed by atoms with E-state index in [-0.39, 0.29) is 48.2 Å². The van der Waals surface area contributed by atoms with E-state index < -0.39 is 87.6 Å². The number of alkyl halides is 6. The van der Waals surface area contributed by atoms with Gasteiger partial charge in [0.15, 0.2) is 23.1 Å². The monoisotopic (exact) mass is 785 g/mol. The van der Waals surface area contributed by atoms with E-state index in [1.165, 1.54) is 12.1 Å². The number of fused-ring (bicyclic) bond motifs is 4. The number of hydrogen-bond donors (Lipinski definition) is 1. The molecular weight excluding hydrogens is 752 g/mol. The number of amides is 2. The van der Waals surface area contributed by atoms with E-state index in [1.807, 2.05) is 0 Å². The molecule has 1 saturated heterocycles. The minimum absolute atomic E-state index is 0.0808. The van der Waals surface area contributed by atoms with Gasteiger partial charge in [-0.15, -0.1) is 0 Å². The van der Waals surface area contributed by atoms with Crippen molar-refractivity contribution < 1.29 is 55.4 Å². The van der Waals surface area contributed by atoms with Gasteiger partial charge >= 0.3 is 12.4 Å². The largest absolute Gasteiger partial charge is 0.504 e. The van der Waals surface area contributed by atoms with Crippen LogP contribution in [0.25, 0.3) is 5.57 Å². The van der Waals surface area contributed by atoms with Crippen LogP contribution < -0.4 is 9.64 Å². The Morgan fingerprint density at radius 3 is 2.04 bits per heavy atom. The highest BCUT2D eigenvalue weighted by Crippen LogP contribution is 2.65. The fourth-order valence-corrected chi connectivity index (χ4v) is 9.59. The van der Waals surface area contributed by atoms with Crippen molar-refractivity contribution in [3.63, 3.8) is 0 Å². The number of carbonyl (C=O) groups excluding carboxylic acids is 4. The van der Waals surface area contributed by atoms with Crippen molar-refractivity contribution in [2.45, 2.75) is 43.5 Å². The van der Waals surface area contributed by atoms with E-state index in [0.29, 0.717) is 33.7 Å². The average molecular weight is 786 g/mol. The summed E-state index contributed by atoms with van der Waals surface area (Å²) in [6, 6.07) is 22.4. The second kappa shape index (κ2) is 13.6. The van der Waals surface area contributed by atoms with Crippen LogP contribution in [0.15, 0.2) is 115 Å². The van der Waals surface area contributed by atoms with Crippen LogP contribution in [0.1, 0.15) is 53.5 Å². The molecule has 4 aromatic carbocycles. The van der Waals surface area contributed by atoms with E-state index in [0.717, 1.165) is 0 Å². The van der Waals surface area contributed by atoms with Gasteiger partial charge < -0.3 is 9.84 Å². The molecule has 2 fully saturated rings. The zero-order valence-corrected chi connectivity index (χ0v) is 30.1. The summed E-state index contributed by atoms with van der Waals surface area (Å²) in [5.41, 5.74) is -4.32. The summed E-state index contributed by atoms with van der Waals surface area (Å²) in [5, 5.41) is 11.9. The van der Waals surface area contributed by atoms with Crippen molar-refractivity contribution in [3.8, 4) is 11.5 Å². The zero-order chi connectivity index (χ0) is 40.6. The highest BCUT2D eigenvalue weighted by molar-refractivity contribution is 6.32. The van der Waals surface area contributed by atoms with E-state index in [4.69, 9.17) is 4.74 Å². The number of hydrogen-bond acceptors (Lipinski definition) is 6. The van der Waals surface area contributed by atoms with Crippen molar-refractivity contribution >= 4 is 34.6 Å². The van der Waals surface area contributed by atoms with Crippen LogP contribution in [0.5, 0.6) is 11.5 Å². The van der Waals surface area contributed by atoms with Gasteiger partial charge in [0.2, 0.25) is 11.8 Å². The molecule has 8 rings (SSSR count). The highest BCUT2D eigenvalue weighted by atomic mass is 19.4. The summed E-state index contributed by atoms with van der Waals surface area (Å²) in [4.78, 5) is 59.4. The Morgan fingerprint density at radius 2 is 1.42 bits per heavy atom. The molecular formula is C44H33F6NO6. The molecule has 0 radical (unpaired) electrons. The van der Waals surface area contributed by atoms with E-state index >= 15 is 9.59 Å². The number of ketones is 2. The molecule has 1 saturated carbocycles. The topological polar surface area (TPSA) is 101 Å². The van der Waals surface area contributed by atoms with Crippen molar-refractivity contribution in [1.82, 2.24) is 0 Å². The van der Waals surface area contributed by atoms with Gasteiger partial charge in [0.1, 0.15) is 0 Å². The van der Waals surface area contributed by atoms with E-state index in [9.17, 15) is 41.0 Å². The molecule has 1 aliphatic heterocycles. The number of phenols is 1. The van der Waals surface area contributed by atoms with Gasteiger partial charge in [-0.25, -0.2) is 4.90 Å². The van der Waals surface area contributed by atoms with Gasteiger partial charge in [-0.1, -0.05) is 84.4 Å². The molecule has 0 aromatic heterocycles. The molecule has 4 aliphatic rings. The molecule has 7 nitrogen and oxygen atoms in total. The summed E-state index contributed by atoms with van der Waals surface area (Å²) >= 11 is 0. The molecule has 6 atom stereocenters. The number of carbonyl (C=O) groups is 4. The van der Waals surface area contributed by atoms with Crippen molar-refractivity contribution in [2.75, 3.05) is 11.5 Å². The molecule has 1 N–H and O–H groups in total. The lowest BCUT2D eigenvalue weighted by atomic mass is 9.44. The quantitative estimate of drug-likeness (QED) is 0.119. The van der Waals surface area contributed by atoms with Crippen molar-refractivity contribution in [2.24, 2.45) is 23.7 Å². The number of Topliss-reactive ketones (excluding diaryl/α,β-unsaturated/α-hetero) is 1. The number of benzene rings is 4. The lowest BCUT2D eigenvalue weighted by Crippen LogP contribution is -2.58. The first-order valence-electron chi connectivity index (χ1n) is 18.3. The fourth-order valence-electron chi connectivity index (χ4n) is 9.59. The van der Waals surface area contributed by atoms with Crippen LogP contribution in [-0.4, -0.2) is 35.1 Å². The number of ether oxygens (including phenoxy) is 1. The van der Waals surface area contributed by atoms with Gasteiger partial charge in [0.05, 0.1) is 40.7 Å². The number of anilines is 1. The van der Waals surface area contributed by atoms with Gasteiger partial charge in [-0.2, -0.15) is 26.3 Å². The number of imide groups is 1.